The Balaban J connectivity index is 1.87. The Morgan fingerprint density at radius 3 is 2.50 bits per heavy atom. The molecule has 2 aromatic carbocycles. The Hall–Kier alpha value is -2.75. The van der Waals surface area contributed by atoms with Gasteiger partial charge in [-0.25, -0.2) is 0 Å². The average molecular weight is 353 g/mol. The van der Waals surface area contributed by atoms with Gasteiger partial charge in [-0.15, -0.1) is 0 Å². The maximum absolute atomic E-state index is 12.1. The minimum atomic E-state index is -0.187. The fourth-order valence-electron chi connectivity index (χ4n) is 2.43. The molecule has 4 nitrogen and oxygen atoms in total. The van der Waals surface area contributed by atoms with E-state index in [1.807, 2.05) is 55.5 Å². The van der Waals surface area contributed by atoms with Gasteiger partial charge in [0.1, 0.15) is 11.5 Å². The lowest BCUT2D eigenvalue weighted by molar-refractivity contribution is -0.111. The number of carbonyl (C=O) groups is 1. The molecule has 0 radical (unpaired) electrons. The van der Waals surface area contributed by atoms with Crippen LogP contribution in [0.5, 0.6) is 11.5 Å². The zero-order chi connectivity index (χ0) is 18.6. The molecule has 26 heavy (non-hydrogen) atoms. The van der Waals surface area contributed by atoms with Gasteiger partial charge in [0.05, 0.1) is 13.2 Å². The predicted molar refractivity (Wildman–Crippen MR) is 107 cm³/mol. The number of carbonyl (C=O) groups excluding carboxylic acids is 1. The van der Waals surface area contributed by atoms with E-state index in [0.29, 0.717) is 6.61 Å². The molecule has 1 amide bonds. The molecule has 0 bridgehead atoms. The first-order valence-corrected chi connectivity index (χ1v) is 9.16. The minimum absolute atomic E-state index is 0.187. The van der Waals surface area contributed by atoms with Crippen LogP contribution in [0.2, 0.25) is 0 Å². The van der Waals surface area contributed by atoms with Crippen LogP contribution in [-0.2, 0) is 4.79 Å². The Labute approximate surface area is 155 Å². The highest BCUT2D eigenvalue weighted by Crippen LogP contribution is 2.20. The maximum Gasteiger partial charge on any atom is 0.248 e. The summed E-state index contributed by atoms with van der Waals surface area (Å²) in [6.07, 6.45) is 6.67. The molecular weight excluding hydrogens is 326 g/mol. The number of rotatable bonds is 10. The molecule has 0 heterocycles. The molecule has 0 saturated heterocycles. The number of benzene rings is 2. The smallest absolute Gasteiger partial charge is 0.248 e. The summed E-state index contributed by atoms with van der Waals surface area (Å²) in [4.78, 5) is 12.1. The highest BCUT2D eigenvalue weighted by molar-refractivity contribution is 6.02. The van der Waals surface area contributed by atoms with Crippen molar-refractivity contribution in [1.29, 1.82) is 0 Å². The molecular formula is C22H27NO3. The van der Waals surface area contributed by atoms with E-state index in [2.05, 4.69) is 12.2 Å². The standard InChI is InChI=1S/C22H27NO3/c1-3-5-8-17-26-20-14-12-19(13-15-20)23-22(24)16-11-18-9-6-7-10-21(18)25-4-2/h6-7,9-16H,3-5,8,17H2,1-2H3,(H,23,24)/b16-11+. The monoisotopic (exact) mass is 353 g/mol. The number of hydrogen-bond donors (Lipinski definition) is 1. The zero-order valence-electron chi connectivity index (χ0n) is 15.5. The van der Waals surface area contributed by atoms with Crippen molar-refractivity contribution in [1.82, 2.24) is 0 Å². The molecule has 2 aromatic rings. The lowest BCUT2D eigenvalue weighted by atomic mass is 10.2. The topological polar surface area (TPSA) is 47.6 Å². The van der Waals surface area contributed by atoms with E-state index in [9.17, 15) is 4.79 Å². The third-order valence-corrected chi connectivity index (χ3v) is 3.77. The molecule has 0 aliphatic carbocycles. The number of anilines is 1. The third kappa shape index (κ3) is 6.63. The second-order valence-electron chi connectivity index (χ2n) is 5.87. The van der Waals surface area contributed by atoms with Gasteiger partial charge in [0.15, 0.2) is 0 Å². The van der Waals surface area contributed by atoms with E-state index in [-0.39, 0.29) is 5.91 Å². The van der Waals surface area contributed by atoms with Crippen molar-refractivity contribution in [2.75, 3.05) is 18.5 Å². The maximum atomic E-state index is 12.1. The summed E-state index contributed by atoms with van der Waals surface area (Å²) in [6, 6.07) is 15.1. The molecule has 0 aromatic heterocycles. The molecule has 0 unspecified atom stereocenters. The summed E-state index contributed by atoms with van der Waals surface area (Å²) in [5.74, 6) is 1.40. The second-order valence-corrected chi connectivity index (χ2v) is 5.87. The van der Waals surface area contributed by atoms with Crippen LogP contribution in [0.25, 0.3) is 6.08 Å². The van der Waals surface area contributed by atoms with Gasteiger partial charge in [-0.05, 0) is 49.8 Å². The van der Waals surface area contributed by atoms with Crippen LogP contribution in [0.1, 0.15) is 38.7 Å². The van der Waals surface area contributed by atoms with Gasteiger partial charge in [-0.1, -0.05) is 38.0 Å². The van der Waals surface area contributed by atoms with E-state index in [0.717, 1.165) is 35.8 Å². The van der Waals surface area contributed by atoms with Gasteiger partial charge in [0.25, 0.3) is 0 Å². The van der Waals surface area contributed by atoms with Crippen LogP contribution < -0.4 is 14.8 Å². The van der Waals surface area contributed by atoms with Gasteiger partial charge in [-0.2, -0.15) is 0 Å². The predicted octanol–water partition coefficient (Wildman–Crippen LogP) is 5.31. The SMILES string of the molecule is CCCCCOc1ccc(NC(=O)/C=C/c2ccccc2OCC)cc1. The van der Waals surface area contributed by atoms with Crippen LogP contribution in [0.4, 0.5) is 5.69 Å². The summed E-state index contributed by atoms with van der Waals surface area (Å²) < 4.78 is 11.2. The van der Waals surface area contributed by atoms with Crippen molar-refractivity contribution in [2.45, 2.75) is 33.1 Å². The lowest BCUT2D eigenvalue weighted by Crippen LogP contribution is -2.07. The molecule has 0 aliphatic rings. The molecule has 0 spiro atoms. The average Bonchev–Trinajstić information content (AvgIpc) is 2.66. The normalized spacial score (nSPS) is 10.7. The fourth-order valence-corrected chi connectivity index (χ4v) is 2.43. The van der Waals surface area contributed by atoms with Gasteiger partial charge in [-0.3, -0.25) is 4.79 Å². The van der Waals surface area contributed by atoms with Crippen molar-refractivity contribution >= 4 is 17.7 Å². The molecule has 0 fully saturated rings. The Morgan fingerprint density at radius 2 is 1.77 bits per heavy atom. The summed E-state index contributed by atoms with van der Waals surface area (Å²) in [6.45, 7) is 5.41. The number of unbranched alkanes of at least 4 members (excludes halogenated alkanes) is 2. The number of hydrogen-bond acceptors (Lipinski definition) is 3. The van der Waals surface area contributed by atoms with E-state index >= 15 is 0 Å². The van der Waals surface area contributed by atoms with E-state index in [4.69, 9.17) is 9.47 Å². The summed E-state index contributed by atoms with van der Waals surface area (Å²) in [7, 11) is 0. The van der Waals surface area contributed by atoms with E-state index < -0.39 is 0 Å². The van der Waals surface area contributed by atoms with Crippen LogP contribution in [0.3, 0.4) is 0 Å². The van der Waals surface area contributed by atoms with Crippen LogP contribution >= 0.6 is 0 Å². The number of ether oxygens (including phenoxy) is 2. The number of para-hydroxylation sites is 1. The first kappa shape index (κ1) is 19.6. The highest BCUT2D eigenvalue weighted by atomic mass is 16.5. The summed E-state index contributed by atoms with van der Waals surface area (Å²) in [5, 5.41) is 2.85. The largest absolute Gasteiger partial charge is 0.494 e. The Morgan fingerprint density at radius 1 is 1.00 bits per heavy atom. The second kappa shape index (κ2) is 11.0. The molecule has 0 aliphatic heterocycles. The number of nitrogens with one attached hydrogen (secondary N) is 1. The van der Waals surface area contributed by atoms with Crippen molar-refractivity contribution in [3.05, 3.63) is 60.2 Å². The fraction of sp³-hybridized carbons (Fsp3) is 0.318. The first-order chi connectivity index (χ1) is 12.7. The molecule has 4 heteroatoms. The van der Waals surface area contributed by atoms with Crippen molar-refractivity contribution in [3.8, 4) is 11.5 Å². The highest BCUT2D eigenvalue weighted by Gasteiger charge is 2.02. The van der Waals surface area contributed by atoms with Crippen molar-refractivity contribution in [2.24, 2.45) is 0 Å². The van der Waals surface area contributed by atoms with Gasteiger partial charge < -0.3 is 14.8 Å². The molecule has 138 valence electrons. The molecule has 0 saturated carbocycles. The third-order valence-electron chi connectivity index (χ3n) is 3.77. The van der Waals surface area contributed by atoms with Crippen LogP contribution in [0.15, 0.2) is 54.6 Å². The molecule has 0 atom stereocenters. The van der Waals surface area contributed by atoms with Crippen molar-refractivity contribution < 1.29 is 14.3 Å². The van der Waals surface area contributed by atoms with E-state index in [1.54, 1.807) is 6.08 Å². The minimum Gasteiger partial charge on any atom is -0.494 e. The van der Waals surface area contributed by atoms with Crippen LogP contribution in [-0.4, -0.2) is 19.1 Å². The Bertz CT molecular complexity index is 708. The van der Waals surface area contributed by atoms with Gasteiger partial charge in [0.2, 0.25) is 5.91 Å². The van der Waals surface area contributed by atoms with E-state index in [1.165, 1.54) is 18.9 Å². The quantitative estimate of drug-likeness (QED) is 0.465. The van der Waals surface area contributed by atoms with Crippen LogP contribution in [0, 0.1) is 0 Å². The first-order valence-electron chi connectivity index (χ1n) is 9.16. The lowest BCUT2D eigenvalue weighted by Gasteiger charge is -2.08. The number of amides is 1. The molecule has 1 N–H and O–H groups in total. The zero-order valence-corrected chi connectivity index (χ0v) is 15.5. The van der Waals surface area contributed by atoms with Gasteiger partial charge >= 0.3 is 0 Å². The molecule has 2 rings (SSSR count). The summed E-state index contributed by atoms with van der Waals surface area (Å²) >= 11 is 0. The van der Waals surface area contributed by atoms with Crippen molar-refractivity contribution in [3.63, 3.8) is 0 Å². The summed E-state index contributed by atoms with van der Waals surface area (Å²) in [5.41, 5.74) is 1.61. The van der Waals surface area contributed by atoms with Gasteiger partial charge in [0, 0.05) is 17.3 Å². The Kier molecular flexibility index (Phi) is 8.27.